The minimum atomic E-state index is -0.394. The third-order valence-corrected chi connectivity index (χ3v) is 3.33. The summed E-state index contributed by atoms with van der Waals surface area (Å²) in [6.07, 6.45) is 6.50. The first kappa shape index (κ1) is 14.1. The lowest BCUT2D eigenvalue weighted by atomic mass is 10.1. The monoisotopic (exact) mass is 296 g/mol. The smallest absolute Gasteiger partial charge is 0.416 e. The Balaban J connectivity index is 1.87. The van der Waals surface area contributed by atoms with Crippen LogP contribution in [0.1, 0.15) is 16.8 Å². The van der Waals surface area contributed by atoms with Crippen molar-refractivity contribution in [2.45, 2.75) is 13.8 Å². The fraction of sp³-hybridized carbons (Fsp3) is 0.188. The lowest BCUT2D eigenvalue weighted by molar-refractivity contribution is 0.494. The summed E-state index contributed by atoms with van der Waals surface area (Å²) in [6.45, 7) is 4.10. The molecule has 112 valence electrons. The molecule has 0 N–H and O–H groups in total. The number of oxazole rings is 1. The maximum Gasteiger partial charge on any atom is 0.419 e. The maximum absolute atomic E-state index is 11.2. The van der Waals surface area contributed by atoms with E-state index in [0.717, 1.165) is 5.56 Å². The third-order valence-electron chi connectivity index (χ3n) is 3.33. The van der Waals surface area contributed by atoms with Gasteiger partial charge in [-0.05, 0) is 32.1 Å². The van der Waals surface area contributed by atoms with Crippen LogP contribution in [0.2, 0.25) is 0 Å². The molecular weight excluding hydrogens is 280 g/mol. The van der Waals surface area contributed by atoms with Crippen molar-refractivity contribution in [2.24, 2.45) is 7.05 Å². The average molecular weight is 296 g/mol. The van der Waals surface area contributed by atoms with E-state index >= 15 is 0 Å². The Morgan fingerprint density at radius 1 is 1.18 bits per heavy atom. The molecule has 0 radical (unpaired) electrons. The van der Waals surface area contributed by atoms with Crippen LogP contribution >= 0.6 is 0 Å². The summed E-state index contributed by atoms with van der Waals surface area (Å²) in [4.78, 5) is 15.5. The van der Waals surface area contributed by atoms with Gasteiger partial charge in [0.2, 0.25) is 0 Å². The van der Waals surface area contributed by atoms with Gasteiger partial charge in [-0.25, -0.2) is 14.5 Å². The number of hydrogen-bond donors (Lipinski definition) is 0. The van der Waals surface area contributed by atoms with Crippen molar-refractivity contribution in [3.63, 3.8) is 0 Å². The van der Waals surface area contributed by atoms with E-state index in [-0.39, 0.29) is 0 Å². The zero-order valence-corrected chi connectivity index (χ0v) is 12.6. The number of nitrogens with zero attached hydrogens (tertiary/aromatic N) is 4. The van der Waals surface area contributed by atoms with E-state index in [1.54, 1.807) is 30.3 Å². The summed E-state index contributed by atoms with van der Waals surface area (Å²) >= 11 is 0. The van der Waals surface area contributed by atoms with Gasteiger partial charge in [0, 0.05) is 18.8 Å². The molecule has 0 fully saturated rings. The summed E-state index contributed by atoms with van der Waals surface area (Å²) in [5.74, 6) is 0.270. The summed E-state index contributed by atoms with van der Waals surface area (Å²) < 4.78 is 7.81. The predicted molar refractivity (Wildman–Crippen MR) is 84.1 cm³/mol. The lowest BCUT2D eigenvalue weighted by Gasteiger charge is -2.00. The van der Waals surface area contributed by atoms with E-state index in [2.05, 4.69) is 28.3 Å². The summed E-state index contributed by atoms with van der Waals surface area (Å²) in [6, 6.07) is 6.21. The van der Waals surface area contributed by atoms with Gasteiger partial charge in [0.05, 0.1) is 5.69 Å². The molecule has 0 aliphatic rings. The molecule has 0 unspecified atom stereocenters. The van der Waals surface area contributed by atoms with Crippen LogP contribution in [-0.2, 0) is 7.05 Å². The molecule has 6 heteroatoms. The topological polar surface area (TPSA) is 65.8 Å². The van der Waals surface area contributed by atoms with E-state index in [4.69, 9.17) is 4.42 Å². The lowest BCUT2D eigenvalue weighted by Crippen LogP contribution is -2.10. The van der Waals surface area contributed by atoms with Gasteiger partial charge in [-0.3, -0.25) is 4.57 Å². The Bertz CT molecular complexity index is 879. The third kappa shape index (κ3) is 2.76. The first-order chi connectivity index (χ1) is 10.5. The van der Waals surface area contributed by atoms with Crippen LogP contribution in [0.25, 0.3) is 23.7 Å². The van der Waals surface area contributed by atoms with Crippen LogP contribution in [-0.4, -0.2) is 19.3 Å². The highest BCUT2D eigenvalue weighted by Crippen LogP contribution is 2.18. The largest absolute Gasteiger partial charge is 0.419 e. The molecule has 2 aromatic heterocycles. The van der Waals surface area contributed by atoms with E-state index in [1.165, 1.54) is 22.0 Å². The molecule has 0 saturated heterocycles. The zero-order valence-electron chi connectivity index (χ0n) is 12.6. The minimum absolute atomic E-state index is 0.394. The van der Waals surface area contributed by atoms with Crippen molar-refractivity contribution in [3.05, 3.63) is 58.2 Å². The van der Waals surface area contributed by atoms with Crippen molar-refractivity contribution >= 4 is 12.3 Å². The summed E-state index contributed by atoms with van der Waals surface area (Å²) in [5, 5.41) is 4.42. The fourth-order valence-corrected chi connectivity index (χ4v) is 2.26. The molecule has 3 rings (SSSR count). The molecule has 0 aliphatic heterocycles. The standard InChI is InChI=1S/C16H16N4O2/c1-11-6-12(2)8-13(7-11)15-17-10-20(18-15)5-4-14-9-22-16(21)19(14)3/h4-10H,1-3H3/b5-4-. The number of aromatic nitrogens is 4. The van der Waals surface area contributed by atoms with Crippen LogP contribution < -0.4 is 5.76 Å². The summed E-state index contributed by atoms with van der Waals surface area (Å²) in [7, 11) is 1.65. The van der Waals surface area contributed by atoms with Gasteiger partial charge in [0.1, 0.15) is 12.6 Å². The Kier molecular flexibility index (Phi) is 3.50. The molecule has 6 nitrogen and oxygen atoms in total. The highest BCUT2D eigenvalue weighted by Gasteiger charge is 2.05. The predicted octanol–water partition coefficient (Wildman–Crippen LogP) is 2.48. The molecule has 3 aromatic rings. The van der Waals surface area contributed by atoms with Gasteiger partial charge >= 0.3 is 5.76 Å². The zero-order chi connectivity index (χ0) is 15.7. The molecule has 2 heterocycles. The molecular formula is C16H16N4O2. The van der Waals surface area contributed by atoms with E-state index in [1.807, 2.05) is 13.8 Å². The van der Waals surface area contributed by atoms with Crippen LogP contribution in [0.4, 0.5) is 0 Å². The Labute approximate surface area is 127 Å². The van der Waals surface area contributed by atoms with Crippen LogP contribution in [0.5, 0.6) is 0 Å². The van der Waals surface area contributed by atoms with Gasteiger partial charge < -0.3 is 4.42 Å². The highest BCUT2D eigenvalue weighted by molar-refractivity contribution is 5.59. The number of aryl methyl sites for hydroxylation is 2. The Morgan fingerprint density at radius 2 is 1.91 bits per heavy atom. The number of benzene rings is 1. The van der Waals surface area contributed by atoms with E-state index < -0.39 is 5.76 Å². The quantitative estimate of drug-likeness (QED) is 0.744. The van der Waals surface area contributed by atoms with E-state index in [9.17, 15) is 4.79 Å². The van der Waals surface area contributed by atoms with Gasteiger partial charge in [-0.15, -0.1) is 5.10 Å². The molecule has 0 bridgehead atoms. The normalized spacial score (nSPS) is 11.4. The molecule has 0 atom stereocenters. The van der Waals surface area contributed by atoms with Crippen molar-refractivity contribution in [3.8, 4) is 11.4 Å². The Morgan fingerprint density at radius 3 is 2.55 bits per heavy atom. The SMILES string of the molecule is Cc1cc(C)cc(-c2ncn(/C=C\c3coc(=O)n3C)n2)c1. The van der Waals surface area contributed by atoms with Gasteiger partial charge in [0.15, 0.2) is 5.82 Å². The van der Waals surface area contributed by atoms with Crippen molar-refractivity contribution in [1.29, 1.82) is 0 Å². The average Bonchev–Trinajstić information content (AvgIpc) is 3.05. The number of rotatable bonds is 3. The van der Waals surface area contributed by atoms with Gasteiger partial charge in [-0.2, -0.15) is 0 Å². The van der Waals surface area contributed by atoms with Crippen molar-refractivity contribution in [1.82, 2.24) is 19.3 Å². The first-order valence-corrected chi connectivity index (χ1v) is 6.85. The number of hydrogen-bond acceptors (Lipinski definition) is 4. The molecule has 0 saturated carbocycles. The van der Waals surface area contributed by atoms with E-state index in [0.29, 0.717) is 11.5 Å². The first-order valence-electron chi connectivity index (χ1n) is 6.85. The van der Waals surface area contributed by atoms with Gasteiger partial charge in [0.25, 0.3) is 0 Å². The molecule has 0 aliphatic carbocycles. The molecule has 1 aromatic carbocycles. The summed E-state index contributed by atoms with van der Waals surface area (Å²) in [5.41, 5.74) is 4.00. The second-order valence-electron chi connectivity index (χ2n) is 5.23. The molecule has 0 amide bonds. The Hall–Kier alpha value is -2.89. The van der Waals surface area contributed by atoms with Gasteiger partial charge in [-0.1, -0.05) is 17.2 Å². The highest BCUT2D eigenvalue weighted by atomic mass is 16.4. The van der Waals surface area contributed by atoms with Crippen LogP contribution in [0, 0.1) is 13.8 Å². The van der Waals surface area contributed by atoms with Crippen LogP contribution in [0.15, 0.2) is 40.0 Å². The molecule has 0 spiro atoms. The second-order valence-corrected chi connectivity index (χ2v) is 5.23. The second kappa shape index (κ2) is 5.48. The molecule has 22 heavy (non-hydrogen) atoms. The minimum Gasteiger partial charge on any atom is -0.416 e. The van der Waals surface area contributed by atoms with Crippen molar-refractivity contribution in [2.75, 3.05) is 0 Å². The maximum atomic E-state index is 11.2. The van der Waals surface area contributed by atoms with Crippen molar-refractivity contribution < 1.29 is 4.42 Å². The fourth-order valence-electron chi connectivity index (χ4n) is 2.26. The van der Waals surface area contributed by atoms with Crippen LogP contribution in [0.3, 0.4) is 0 Å².